The molecule has 0 bridgehead atoms. The molecule has 1 N–H and O–H groups in total. The minimum atomic E-state index is -5.18. The first-order chi connectivity index (χ1) is 20.5. The fourth-order valence-electron chi connectivity index (χ4n) is 4.96. The Balaban J connectivity index is 1.37. The highest BCUT2D eigenvalue weighted by atomic mass is 19.4. The van der Waals surface area contributed by atoms with Crippen LogP contribution >= 0.6 is 0 Å². The van der Waals surface area contributed by atoms with Gasteiger partial charge in [0, 0.05) is 11.9 Å². The Hall–Kier alpha value is -4.65. The third-order valence-electron chi connectivity index (χ3n) is 7.06. The highest BCUT2D eigenvalue weighted by Crippen LogP contribution is 2.31. The maximum atomic E-state index is 13.4. The third kappa shape index (κ3) is 6.72. The van der Waals surface area contributed by atoms with Gasteiger partial charge < -0.3 is 19.6 Å². The fourth-order valence-corrected chi connectivity index (χ4v) is 4.96. The maximum Gasteiger partial charge on any atom is 0.492 e. The molecule has 0 aliphatic carbocycles. The molecule has 1 saturated heterocycles. The lowest BCUT2D eigenvalue weighted by atomic mass is 10.0. The standard InChI is InChI=1S/C30H28F4N4O5/c1-18(36-28(39)26-7-4-14-37(26)43-29(40)30(32,33)34)27(19-5-3-6-23(15-19)41-2)42-24-12-13-25-20(16-24)17-35-38(25)22-10-8-21(31)9-11-22/h3,5-6,8-13,15-18,26-27H,4,7,14H2,1-2H3,(H,36,39)/t18-,26+,27+/m0/s1. The number of methoxy groups -OCH3 is 1. The van der Waals surface area contributed by atoms with Crippen LogP contribution in [0.1, 0.15) is 31.4 Å². The van der Waals surface area contributed by atoms with Crippen molar-refractivity contribution in [1.82, 2.24) is 20.2 Å². The van der Waals surface area contributed by atoms with Gasteiger partial charge in [-0.1, -0.05) is 12.1 Å². The summed E-state index contributed by atoms with van der Waals surface area (Å²) >= 11 is 0. The van der Waals surface area contributed by atoms with Gasteiger partial charge in [0.05, 0.1) is 30.6 Å². The van der Waals surface area contributed by atoms with Crippen molar-refractivity contribution in [3.8, 4) is 17.2 Å². The summed E-state index contributed by atoms with van der Waals surface area (Å²) in [5.74, 6) is -2.32. The van der Waals surface area contributed by atoms with Gasteiger partial charge in [0.25, 0.3) is 0 Å². The molecule has 226 valence electrons. The number of hydrogen-bond acceptors (Lipinski definition) is 7. The van der Waals surface area contributed by atoms with E-state index in [4.69, 9.17) is 9.47 Å². The summed E-state index contributed by atoms with van der Waals surface area (Å²) in [7, 11) is 1.52. The van der Waals surface area contributed by atoms with Gasteiger partial charge in [0.2, 0.25) is 5.91 Å². The van der Waals surface area contributed by atoms with Gasteiger partial charge in [0.1, 0.15) is 29.5 Å². The van der Waals surface area contributed by atoms with Crippen molar-refractivity contribution in [2.75, 3.05) is 13.7 Å². The first-order valence-electron chi connectivity index (χ1n) is 13.4. The molecule has 5 rings (SSSR count). The Bertz CT molecular complexity index is 1610. The average Bonchev–Trinajstić information content (AvgIpc) is 3.62. The lowest BCUT2D eigenvalue weighted by Gasteiger charge is -2.29. The number of hydroxylamine groups is 2. The van der Waals surface area contributed by atoms with Crippen molar-refractivity contribution < 1.29 is 41.5 Å². The number of nitrogens with zero attached hydrogens (tertiary/aromatic N) is 3. The first kappa shape index (κ1) is 29.8. The number of alkyl halides is 3. The number of carbonyl (C=O) groups excluding carboxylic acids is 2. The van der Waals surface area contributed by atoms with E-state index in [1.165, 1.54) is 19.2 Å². The van der Waals surface area contributed by atoms with Crippen molar-refractivity contribution >= 4 is 22.8 Å². The predicted molar refractivity (Wildman–Crippen MR) is 147 cm³/mol. The van der Waals surface area contributed by atoms with Crippen LogP contribution < -0.4 is 14.8 Å². The van der Waals surface area contributed by atoms with E-state index >= 15 is 0 Å². The molecule has 1 fully saturated rings. The Kier molecular flexibility index (Phi) is 8.53. The van der Waals surface area contributed by atoms with Crippen molar-refractivity contribution in [3.05, 3.63) is 84.3 Å². The quantitative estimate of drug-likeness (QED) is 0.261. The molecular formula is C30H28F4N4O5. The molecule has 1 aliphatic rings. The fraction of sp³-hybridized carbons (Fsp3) is 0.300. The first-order valence-corrected chi connectivity index (χ1v) is 13.4. The molecule has 4 aromatic rings. The third-order valence-corrected chi connectivity index (χ3v) is 7.06. The second-order valence-corrected chi connectivity index (χ2v) is 10.0. The molecule has 1 aromatic heterocycles. The number of hydrogen-bond donors (Lipinski definition) is 1. The van der Waals surface area contributed by atoms with Crippen LogP contribution in [0.25, 0.3) is 16.6 Å². The van der Waals surface area contributed by atoms with E-state index in [0.717, 1.165) is 16.0 Å². The number of carbonyl (C=O) groups is 2. The molecule has 9 nitrogen and oxygen atoms in total. The van der Waals surface area contributed by atoms with Gasteiger partial charge >= 0.3 is 12.1 Å². The van der Waals surface area contributed by atoms with Crippen molar-refractivity contribution in [2.24, 2.45) is 0 Å². The van der Waals surface area contributed by atoms with Crippen LogP contribution in [0.2, 0.25) is 0 Å². The SMILES string of the molecule is COc1cccc([C@H](Oc2ccc3c(cnn3-c3ccc(F)cc3)c2)[C@H](C)NC(=O)[C@H]2CCCN2OC(=O)C(F)(F)F)c1. The monoisotopic (exact) mass is 600 g/mol. The zero-order valence-corrected chi connectivity index (χ0v) is 23.2. The maximum absolute atomic E-state index is 13.4. The van der Waals surface area contributed by atoms with Gasteiger partial charge in [-0.05, 0) is 79.9 Å². The van der Waals surface area contributed by atoms with Gasteiger partial charge in [-0.2, -0.15) is 18.3 Å². The number of nitrogens with one attached hydrogen (secondary N) is 1. The van der Waals surface area contributed by atoms with E-state index in [2.05, 4.69) is 15.3 Å². The molecule has 3 atom stereocenters. The summed E-state index contributed by atoms with van der Waals surface area (Å²) in [4.78, 5) is 29.1. The van der Waals surface area contributed by atoms with E-state index in [9.17, 15) is 27.2 Å². The average molecular weight is 601 g/mol. The molecule has 1 aliphatic heterocycles. The van der Waals surface area contributed by atoms with E-state index in [1.807, 2.05) is 0 Å². The summed E-state index contributed by atoms with van der Waals surface area (Å²) in [6.45, 7) is 1.70. The van der Waals surface area contributed by atoms with Crippen LogP contribution in [-0.2, 0) is 14.4 Å². The van der Waals surface area contributed by atoms with E-state index in [1.54, 1.807) is 72.4 Å². The number of aromatic nitrogens is 2. The van der Waals surface area contributed by atoms with Crippen LogP contribution in [-0.4, -0.2) is 58.6 Å². The van der Waals surface area contributed by atoms with E-state index in [0.29, 0.717) is 29.2 Å². The predicted octanol–water partition coefficient (Wildman–Crippen LogP) is 5.28. The second kappa shape index (κ2) is 12.3. The van der Waals surface area contributed by atoms with Crippen LogP contribution in [0, 0.1) is 5.82 Å². The lowest BCUT2D eigenvalue weighted by Crippen LogP contribution is -2.49. The lowest BCUT2D eigenvalue weighted by molar-refractivity contribution is -0.240. The minimum Gasteiger partial charge on any atom is -0.497 e. The number of amides is 1. The molecule has 13 heteroatoms. The van der Waals surface area contributed by atoms with Crippen LogP contribution in [0.15, 0.2) is 72.9 Å². The Labute approximate surface area is 243 Å². The zero-order valence-electron chi connectivity index (χ0n) is 23.2. The van der Waals surface area contributed by atoms with Gasteiger partial charge in [-0.25, -0.2) is 13.9 Å². The highest BCUT2D eigenvalue weighted by Gasteiger charge is 2.45. The largest absolute Gasteiger partial charge is 0.497 e. The summed E-state index contributed by atoms with van der Waals surface area (Å²) in [5, 5.41) is 8.75. The molecule has 1 amide bonds. The number of fused-ring (bicyclic) bond motifs is 1. The minimum absolute atomic E-state index is 0.00425. The molecular weight excluding hydrogens is 572 g/mol. The van der Waals surface area contributed by atoms with Crippen molar-refractivity contribution in [2.45, 2.75) is 44.1 Å². The van der Waals surface area contributed by atoms with Crippen LogP contribution in [0.3, 0.4) is 0 Å². The topological polar surface area (TPSA) is 94.9 Å². The normalized spacial score (nSPS) is 16.9. The molecule has 0 unspecified atom stereocenters. The van der Waals surface area contributed by atoms with E-state index in [-0.39, 0.29) is 18.8 Å². The van der Waals surface area contributed by atoms with Crippen LogP contribution in [0.5, 0.6) is 11.5 Å². The number of ether oxygens (including phenoxy) is 2. The van der Waals surface area contributed by atoms with Gasteiger partial charge in [-0.3, -0.25) is 4.79 Å². The zero-order chi connectivity index (χ0) is 30.7. The smallest absolute Gasteiger partial charge is 0.492 e. The molecule has 0 spiro atoms. The Morgan fingerprint density at radius 3 is 2.53 bits per heavy atom. The number of benzene rings is 3. The molecule has 43 heavy (non-hydrogen) atoms. The number of halogens is 4. The van der Waals surface area contributed by atoms with Crippen molar-refractivity contribution in [3.63, 3.8) is 0 Å². The molecule has 0 radical (unpaired) electrons. The van der Waals surface area contributed by atoms with Gasteiger partial charge in [0.15, 0.2) is 0 Å². The summed E-state index contributed by atoms with van der Waals surface area (Å²) < 4.78 is 65.1. The molecule has 0 saturated carbocycles. The Morgan fingerprint density at radius 1 is 1.05 bits per heavy atom. The highest BCUT2D eigenvalue weighted by molar-refractivity contribution is 5.83. The summed E-state index contributed by atoms with van der Waals surface area (Å²) in [5.41, 5.74) is 2.10. The summed E-state index contributed by atoms with van der Waals surface area (Å²) in [6, 6.07) is 16.6. The molecule has 3 aromatic carbocycles. The van der Waals surface area contributed by atoms with Crippen LogP contribution in [0.4, 0.5) is 17.6 Å². The molecule has 2 heterocycles. The van der Waals surface area contributed by atoms with E-state index < -0.39 is 36.2 Å². The summed E-state index contributed by atoms with van der Waals surface area (Å²) in [6.07, 6.45) is -3.70. The van der Waals surface area contributed by atoms with Gasteiger partial charge in [-0.15, -0.1) is 5.06 Å². The van der Waals surface area contributed by atoms with Crippen molar-refractivity contribution in [1.29, 1.82) is 0 Å². The Morgan fingerprint density at radius 2 is 1.81 bits per heavy atom. The second-order valence-electron chi connectivity index (χ2n) is 10.0. The number of rotatable bonds is 9.